The molecule has 2 aromatic rings. The monoisotopic (exact) mass is 318 g/mol. The maximum absolute atomic E-state index is 5.45. The van der Waals surface area contributed by atoms with E-state index >= 15 is 0 Å². The minimum absolute atomic E-state index is 0.258. The lowest BCUT2D eigenvalue weighted by Gasteiger charge is -2.37. The minimum Gasteiger partial charge on any atom is -0.467 e. The second-order valence-electron chi connectivity index (χ2n) is 6.76. The van der Waals surface area contributed by atoms with Crippen molar-refractivity contribution in [2.75, 3.05) is 33.2 Å². The van der Waals surface area contributed by atoms with Crippen molar-refractivity contribution in [3.05, 3.63) is 30.0 Å². The number of likely N-dealkylation sites (N-methyl/N-ethyl adjacent to an activating group) is 1. The molecule has 126 valence electrons. The van der Waals surface area contributed by atoms with Gasteiger partial charge in [0, 0.05) is 26.2 Å². The summed E-state index contributed by atoms with van der Waals surface area (Å²) in [5.41, 5.74) is 0. The highest BCUT2D eigenvalue weighted by Gasteiger charge is 2.29. The van der Waals surface area contributed by atoms with Crippen LogP contribution in [0.1, 0.15) is 37.9 Å². The van der Waals surface area contributed by atoms with Gasteiger partial charge in [0.1, 0.15) is 12.3 Å². The molecule has 3 heterocycles. The van der Waals surface area contributed by atoms with E-state index in [0.717, 1.165) is 44.2 Å². The molecule has 0 aliphatic carbocycles. The quantitative estimate of drug-likeness (QED) is 0.807. The summed E-state index contributed by atoms with van der Waals surface area (Å²) in [7, 11) is 2.18. The summed E-state index contributed by atoms with van der Waals surface area (Å²) in [4.78, 5) is 4.89. The summed E-state index contributed by atoms with van der Waals surface area (Å²) in [5, 5.41) is 12.5. The number of tetrazole rings is 1. The van der Waals surface area contributed by atoms with E-state index in [9.17, 15) is 0 Å². The molecule has 2 aromatic heterocycles. The zero-order valence-electron chi connectivity index (χ0n) is 14.2. The first-order valence-electron chi connectivity index (χ1n) is 8.34. The van der Waals surface area contributed by atoms with Gasteiger partial charge in [-0.05, 0) is 41.9 Å². The van der Waals surface area contributed by atoms with E-state index in [1.807, 2.05) is 16.8 Å². The van der Waals surface area contributed by atoms with Crippen LogP contribution < -0.4 is 0 Å². The number of furan rings is 1. The summed E-state index contributed by atoms with van der Waals surface area (Å²) in [6.45, 7) is 9.39. The number of nitrogens with zero attached hydrogens (tertiary/aromatic N) is 6. The Labute approximate surface area is 137 Å². The third-order valence-electron chi connectivity index (χ3n) is 4.42. The van der Waals surface area contributed by atoms with Crippen LogP contribution in [-0.2, 0) is 6.54 Å². The van der Waals surface area contributed by atoms with Crippen LogP contribution in [0.2, 0.25) is 0 Å². The normalized spacial score (nSPS) is 18.6. The van der Waals surface area contributed by atoms with Gasteiger partial charge in [0.25, 0.3) is 0 Å². The van der Waals surface area contributed by atoms with Crippen LogP contribution in [0.5, 0.6) is 0 Å². The molecule has 0 bridgehead atoms. The third kappa shape index (κ3) is 3.97. The van der Waals surface area contributed by atoms with Gasteiger partial charge in [-0.1, -0.05) is 13.8 Å². The first-order valence-corrected chi connectivity index (χ1v) is 8.34. The van der Waals surface area contributed by atoms with E-state index in [2.05, 4.69) is 46.2 Å². The zero-order chi connectivity index (χ0) is 16.2. The highest BCUT2D eigenvalue weighted by atomic mass is 16.3. The molecule has 0 N–H and O–H groups in total. The Balaban J connectivity index is 1.80. The van der Waals surface area contributed by atoms with Gasteiger partial charge in [0.05, 0.1) is 12.3 Å². The molecule has 1 saturated heterocycles. The van der Waals surface area contributed by atoms with Crippen molar-refractivity contribution >= 4 is 0 Å². The van der Waals surface area contributed by atoms with Gasteiger partial charge in [0.15, 0.2) is 5.82 Å². The van der Waals surface area contributed by atoms with Gasteiger partial charge in [-0.3, -0.25) is 4.90 Å². The molecule has 1 atom stereocenters. The maximum Gasteiger partial charge on any atom is 0.168 e. The van der Waals surface area contributed by atoms with E-state index in [1.165, 1.54) is 0 Å². The van der Waals surface area contributed by atoms with Crippen molar-refractivity contribution in [2.24, 2.45) is 5.92 Å². The molecule has 7 heteroatoms. The Kier molecular flexibility index (Phi) is 5.07. The molecule has 0 aromatic carbocycles. The molecule has 1 aliphatic rings. The molecular weight excluding hydrogens is 292 g/mol. The van der Waals surface area contributed by atoms with Crippen LogP contribution in [0.25, 0.3) is 0 Å². The van der Waals surface area contributed by atoms with Crippen molar-refractivity contribution in [1.29, 1.82) is 0 Å². The summed E-state index contributed by atoms with van der Waals surface area (Å²) >= 11 is 0. The molecule has 0 amide bonds. The van der Waals surface area contributed by atoms with Crippen LogP contribution >= 0.6 is 0 Å². The van der Waals surface area contributed by atoms with Crippen molar-refractivity contribution in [2.45, 2.75) is 32.9 Å². The van der Waals surface area contributed by atoms with Gasteiger partial charge in [0.2, 0.25) is 0 Å². The molecule has 1 aliphatic heterocycles. The molecule has 0 spiro atoms. The van der Waals surface area contributed by atoms with Crippen molar-refractivity contribution in [3.8, 4) is 0 Å². The lowest BCUT2D eigenvalue weighted by molar-refractivity contribution is 0.0933. The van der Waals surface area contributed by atoms with E-state index < -0.39 is 0 Å². The fourth-order valence-corrected chi connectivity index (χ4v) is 3.11. The Morgan fingerprint density at radius 1 is 1.22 bits per heavy atom. The molecular formula is C16H26N6O. The molecule has 23 heavy (non-hydrogen) atoms. The molecule has 0 saturated carbocycles. The van der Waals surface area contributed by atoms with Crippen molar-refractivity contribution in [1.82, 2.24) is 30.0 Å². The predicted molar refractivity (Wildman–Crippen MR) is 86.9 cm³/mol. The standard InChI is InChI=1S/C16H26N6O/c1-13(2)11-15(21-8-6-20(3)7-9-21)16-17-18-19-22(16)12-14-5-4-10-23-14/h4-5,10,13,15H,6-9,11-12H2,1-3H3/t15-/m1/s1. The largest absolute Gasteiger partial charge is 0.467 e. The Hall–Kier alpha value is -1.73. The number of piperazine rings is 1. The predicted octanol–water partition coefficient (Wildman–Crippen LogP) is 1.65. The van der Waals surface area contributed by atoms with Gasteiger partial charge in [-0.25, -0.2) is 4.68 Å². The highest BCUT2D eigenvalue weighted by molar-refractivity contribution is 5.02. The van der Waals surface area contributed by atoms with Crippen LogP contribution in [0.4, 0.5) is 0 Å². The van der Waals surface area contributed by atoms with Gasteiger partial charge in [-0.2, -0.15) is 0 Å². The van der Waals surface area contributed by atoms with E-state index in [-0.39, 0.29) is 6.04 Å². The zero-order valence-corrected chi connectivity index (χ0v) is 14.2. The Morgan fingerprint density at radius 2 is 2.00 bits per heavy atom. The Morgan fingerprint density at radius 3 is 2.65 bits per heavy atom. The summed E-state index contributed by atoms with van der Waals surface area (Å²) < 4.78 is 7.32. The lowest BCUT2D eigenvalue weighted by atomic mass is 10.0. The van der Waals surface area contributed by atoms with Crippen LogP contribution in [0.3, 0.4) is 0 Å². The average Bonchev–Trinajstić information content (AvgIpc) is 3.18. The van der Waals surface area contributed by atoms with E-state index in [4.69, 9.17) is 4.42 Å². The number of hydrogen-bond acceptors (Lipinski definition) is 6. The molecule has 0 unspecified atom stereocenters. The minimum atomic E-state index is 0.258. The topological polar surface area (TPSA) is 63.2 Å². The molecule has 0 radical (unpaired) electrons. The van der Waals surface area contributed by atoms with E-state index in [1.54, 1.807) is 6.26 Å². The highest BCUT2D eigenvalue weighted by Crippen LogP contribution is 2.27. The van der Waals surface area contributed by atoms with E-state index in [0.29, 0.717) is 12.5 Å². The van der Waals surface area contributed by atoms with Crippen LogP contribution in [0, 0.1) is 5.92 Å². The Bertz CT molecular complexity index is 585. The first kappa shape index (κ1) is 16.1. The molecule has 7 nitrogen and oxygen atoms in total. The van der Waals surface area contributed by atoms with Gasteiger partial charge in [-0.15, -0.1) is 5.10 Å². The summed E-state index contributed by atoms with van der Waals surface area (Å²) in [6.07, 6.45) is 2.74. The number of rotatable bonds is 6. The SMILES string of the molecule is CC(C)C[C@H](c1nnnn1Cc1ccco1)N1CCN(C)CC1. The third-order valence-corrected chi connectivity index (χ3v) is 4.42. The number of aromatic nitrogens is 4. The average molecular weight is 318 g/mol. The van der Waals surface area contributed by atoms with Gasteiger partial charge < -0.3 is 9.32 Å². The molecule has 3 rings (SSSR count). The molecule has 1 fully saturated rings. The summed E-state index contributed by atoms with van der Waals surface area (Å²) in [6, 6.07) is 4.11. The van der Waals surface area contributed by atoms with Crippen LogP contribution in [0.15, 0.2) is 22.8 Å². The summed E-state index contributed by atoms with van der Waals surface area (Å²) in [5.74, 6) is 2.41. The fraction of sp³-hybridized carbons (Fsp3) is 0.688. The van der Waals surface area contributed by atoms with Gasteiger partial charge >= 0.3 is 0 Å². The first-order chi connectivity index (χ1) is 11.1. The second kappa shape index (κ2) is 7.23. The van der Waals surface area contributed by atoms with Crippen molar-refractivity contribution < 1.29 is 4.42 Å². The maximum atomic E-state index is 5.45. The smallest absolute Gasteiger partial charge is 0.168 e. The van der Waals surface area contributed by atoms with Crippen LogP contribution in [-0.4, -0.2) is 63.2 Å². The lowest BCUT2D eigenvalue weighted by Crippen LogP contribution is -2.46. The van der Waals surface area contributed by atoms with Crippen molar-refractivity contribution in [3.63, 3.8) is 0 Å². The number of hydrogen-bond donors (Lipinski definition) is 0. The fourth-order valence-electron chi connectivity index (χ4n) is 3.11. The second-order valence-corrected chi connectivity index (χ2v) is 6.76.